The number of nitrogens with two attached hydrogens (primary N) is 1. The van der Waals surface area contributed by atoms with E-state index in [-0.39, 0.29) is 11.9 Å². The van der Waals surface area contributed by atoms with E-state index in [1.807, 2.05) is 32.0 Å². The van der Waals surface area contributed by atoms with Crippen LogP contribution in [0.3, 0.4) is 0 Å². The van der Waals surface area contributed by atoms with Gasteiger partial charge >= 0.3 is 0 Å². The second-order valence-corrected chi connectivity index (χ2v) is 4.27. The minimum absolute atomic E-state index is 0.0392. The summed E-state index contributed by atoms with van der Waals surface area (Å²) in [5, 5.41) is 2.83. The molecule has 1 atom stereocenters. The third-order valence-electron chi connectivity index (χ3n) is 2.43. The van der Waals surface area contributed by atoms with Crippen LogP contribution in [-0.2, 0) is 11.3 Å². The van der Waals surface area contributed by atoms with E-state index in [4.69, 9.17) is 10.5 Å². The minimum atomic E-state index is -0.116. The molecule has 0 saturated carbocycles. The van der Waals surface area contributed by atoms with Crippen molar-refractivity contribution >= 4 is 5.91 Å². The number of hydrogen-bond donors (Lipinski definition) is 2. The first kappa shape index (κ1) is 13.5. The standard InChI is InChI=1S/C13H20N2O2/c1-9-4-5-11(12(6-9)17-3)8-15-13(16)7-10(2)14/h4-6,10H,7-8,14H2,1-3H3,(H,15,16). The molecule has 1 aromatic rings. The average molecular weight is 236 g/mol. The molecule has 0 heterocycles. The highest BCUT2D eigenvalue weighted by Crippen LogP contribution is 2.19. The minimum Gasteiger partial charge on any atom is -0.496 e. The summed E-state index contributed by atoms with van der Waals surface area (Å²) in [7, 11) is 1.63. The van der Waals surface area contributed by atoms with Gasteiger partial charge in [0.25, 0.3) is 0 Å². The van der Waals surface area contributed by atoms with Gasteiger partial charge < -0.3 is 15.8 Å². The van der Waals surface area contributed by atoms with Crippen LogP contribution >= 0.6 is 0 Å². The van der Waals surface area contributed by atoms with Crippen molar-refractivity contribution in [3.63, 3.8) is 0 Å². The van der Waals surface area contributed by atoms with Crippen molar-refractivity contribution in [2.45, 2.75) is 32.9 Å². The van der Waals surface area contributed by atoms with E-state index < -0.39 is 0 Å². The average Bonchev–Trinajstić information content (AvgIpc) is 2.26. The van der Waals surface area contributed by atoms with E-state index in [0.717, 1.165) is 16.9 Å². The summed E-state index contributed by atoms with van der Waals surface area (Å²) in [6.07, 6.45) is 0.341. The second-order valence-electron chi connectivity index (χ2n) is 4.27. The van der Waals surface area contributed by atoms with E-state index in [9.17, 15) is 4.79 Å². The smallest absolute Gasteiger partial charge is 0.221 e. The lowest BCUT2D eigenvalue weighted by molar-refractivity contribution is -0.121. The molecule has 0 bridgehead atoms. The molecule has 17 heavy (non-hydrogen) atoms. The highest BCUT2D eigenvalue weighted by molar-refractivity contribution is 5.76. The van der Waals surface area contributed by atoms with Crippen molar-refractivity contribution in [3.8, 4) is 5.75 Å². The Hall–Kier alpha value is -1.55. The Balaban J connectivity index is 2.60. The van der Waals surface area contributed by atoms with Gasteiger partial charge in [-0.05, 0) is 25.5 Å². The van der Waals surface area contributed by atoms with E-state index in [1.54, 1.807) is 7.11 Å². The second kappa shape index (κ2) is 6.25. The van der Waals surface area contributed by atoms with Crippen LogP contribution in [0.25, 0.3) is 0 Å². The highest BCUT2D eigenvalue weighted by Gasteiger charge is 2.07. The van der Waals surface area contributed by atoms with E-state index >= 15 is 0 Å². The van der Waals surface area contributed by atoms with Gasteiger partial charge in [0.15, 0.2) is 0 Å². The molecule has 0 spiro atoms. The normalized spacial score (nSPS) is 12.0. The molecule has 0 aliphatic heterocycles. The van der Waals surface area contributed by atoms with Crippen LogP contribution in [0.1, 0.15) is 24.5 Å². The summed E-state index contributed by atoms with van der Waals surface area (Å²) in [6.45, 7) is 4.28. The number of ether oxygens (including phenoxy) is 1. The van der Waals surface area contributed by atoms with Crippen molar-refractivity contribution in [2.24, 2.45) is 5.73 Å². The first-order valence-electron chi connectivity index (χ1n) is 5.68. The molecule has 1 aromatic carbocycles. The quantitative estimate of drug-likeness (QED) is 0.811. The lowest BCUT2D eigenvalue weighted by atomic mass is 10.1. The Kier molecular flexibility index (Phi) is 4.97. The van der Waals surface area contributed by atoms with Gasteiger partial charge in [0.1, 0.15) is 5.75 Å². The summed E-state index contributed by atoms with van der Waals surface area (Å²) in [4.78, 5) is 11.5. The number of carbonyl (C=O) groups is 1. The number of amides is 1. The summed E-state index contributed by atoms with van der Waals surface area (Å²) < 4.78 is 5.26. The first-order chi connectivity index (χ1) is 8.02. The zero-order chi connectivity index (χ0) is 12.8. The van der Waals surface area contributed by atoms with Gasteiger partial charge in [0.2, 0.25) is 5.91 Å². The zero-order valence-corrected chi connectivity index (χ0v) is 10.6. The lowest BCUT2D eigenvalue weighted by Crippen LogP contribution is -2.29. The fourth-order valence-corrected chi connectivity index (χ4v) is 1.56. The third-order valence-corrected chi connectivity index (χ3v) is 2.43. The molecule has 1 rings (SSSR count). The Morgan fingerprint density at radius 3 is 2.82 bits per heavy atom. The number of aryl methyl sites for hydroxylation is 1. The molecule has 0 aliphatic carbocycles. The van der Waals surface area contributed by atoms with Crippen molar-refractivity contribution in [1.82, 2.24) is 5.32 Å². The van der Waals surface area contributed by atoms with Crippen molar-refractivity contribution in [1.29, 1.82) is 0 Å². The topological polar surface area (TPSA) is 64.3 Å². The Morgan fingerprint density at radius 1 is 1.53 bits per heavy atom. The molecule has 4 heteroatoms. The van der Waals surface area contributed by atoms with E-state index in [2.05, 4.69) is 5.32 Å². The number of carbonyl (C=O) groups excluding carboxylic acids is 1. The van der Waals surface area contributed by atoms with Gasteiger partial charge in [-0.1, -0.05) is 12.1 Å². The van der Waals surface area contributed by atoms with Crippen LogP contribution in [0.5, 0.6) is 5.75 Å². The monoisotopic (exact) mass is 236 g/mol. The Labute approximate surface area is 102 Å². The number of nitrogens with one attached hydrogen (secondary N) is 1. The van der Waals surface area contributed by atoms with Gasteiger partial charge in [-0.25, -0.2) is 0 Å². The molecule has 1 unspecified atom stereocenters. The predicted octanol–water partition coefficient (Wildman–Crippen LogP) is 1.36. The van der Waals surface area contributed by atoms with Crippen molar-refractivity contribution < 1.29 is 9.53 Å². The van der Waals surface area contributed by atoms with Gasteiger partial charge in [0.05, 0.1) is 7.11 Å². The molecule has 0 fully saturated rings. The summed E-state index contributed by atoms with van der Waals surface area (Å²) in [5.41, 5.74) is 7.65. The fourth-order valence-electron chi connectivity index (χ4n) is 1.56. The van der Waals surface area contributed by atoms with Crippen molar-refractivity contribution in [2.75, 3.05) is 7.11 Å². The maximum Gasteiger partial charge on any atom is 0.221 e. The summed E-state index contributed by atoms with van der Waals surface area (Å²) >= 11 is 0. The van der Waals surface area contributed by atoms with Crippen LogP contribution in [0.15, 0.2) is 18.2 Å². The molecule has 1 amide bonds. The number of hydrogen-bond acceptors (Lipinski definition) is 3. The number of rotatable bonds is 5. The Morgan fingerprint density at radius 2 is 2.24 bits per heavy atom. The van der Waals surface area contributed by atoms with Gasteiger partial charge in [0, 0.05) is 24.6 Å². The molecule has 0 saturated heterocycles. The molecule has 3 N–H and O–H groups in total. The third kappa shape index (κ3) is 4.44. The van der Waals surface area contributed by atoms with Gasteiger partial charge in [-0.2, -0.15) is 0 Å². The zero-order valence-electron chi connectivity index (χ0n) is 10.6. The van der Waals surface area contributed by atoms with Crippen molar-refractivity contribution in [3.05, 3.63) is 29.3 Å². The van der Waals surface area contributed by atoms with Crippen LogP contribution in [-0.4, -0.2) is 19.1 Å². The number of benzene rings is 1. The highest BCUT2D eigenvalue weighted by atomic mass is 16.5. The Bertz CT molecular complexity index is 389. The number of methoxy groups -OCH3 is 1. The van der Waals surface area contributed by atoms with Crippen LogP contribution in [0, 0.1) is 6.92 Å². The maximum absolute atomic E-state index is 11.5. The predicted molar refractivity (Wildman–Crippen MR) is 67.8 cm³/mol. The summed E-state index contributed by atoms with van der Waals surface area (Å²) in [5.74, 6) is 0.758. The first-order valence-corrected chi connectivity index (χ1v) is 5.68. The SMILES string of the molecule is COc1cc(C)ccc1CNC(=O)CC(C)N. The molecule has 0 aliphatic rings. The fraction of sp³-hybridized carbons (Fsp3) is 0.462. The molecule has 0 radical (unpaired) electrons. The van der Waals surface area contributed by atoms with E-state index in [1.165, 1.54) is 0 Å². The van der Waals surface area contributed by atoms with Crippen LogP contribution in [0.2, 0.25) is 0 Å². The molecule has 4 nitrogen and oxygen atoms in total. The molecular formula is C13H20N2O2. The molecule has 94 valence electrons. The van der Waals surface area contributed by atoms with Crippen LogP contribution in [0.4, 0.5) is 0 Å². The largest absolute Gasteiger partial charge is 0.496 e. The van der Waals surface area contributed by atoms with Gasteiger partial charge in [-0.15, -0.1) is 0 Å². The molecule has 0 aromatic heterocycles. The lowest BCUT2D eigenvalue weighted by Gasteiger charge is -2.11. The van der Waals surface area contributed by atoms with Crippen LogP contribution < -0.4 is 15.8 Å². The molecular weight excluding hydrogens is 216 g/mol. The van der Waals surface area contributed by atoms with E-state index in [0.29, 0.717) is 13.0 Å². The maximum atomic E-state index is 11.5. The summed E-state index contributed by atoms with van der Waals surface area (Å²) in [6, 6.07) is 5.79. The van der Waals surface area contributed by atoms with Gasteiger partial charge in [-0.3, -0.25) is 4.79 Å².